The number of hydrogen-bond acceptors (Lipinski definition) is 4. The van der Waals surface area contributed by atoms with E-state index < -0.39 is 5.97 Å². The molecule has 17 heavy (non-hydrogen) atoms. The third kappa shape index (κ3) is 1.41. The number of carboxylic acid groups (broad SMARTS) is 1. The molecule has 2 aliphatic rings. The third-order valence-electron chi connectivity index (χ3n) is 2.59. The molecule has 0 unspecified atom stereocenters. The van der Waals surface area contributed by atoms with Crippen molar-refractivity contribution in [2.75, 3.05) is 0 Å². The Bertz CT molecular complexity index is 558. The fourth-order valence-electron chi connectivity index (χ4n) is 1.79. The smallest absolute Gasteiger partial charge is 0.353 e. The molecule has 0 spiro atoms. The Hall–Kier alpha value is -1.95. The van der Waals surface area contributed by atoms with E-state index in [4.69, 9.17) is 9.52 Å². The maximum Gasteiger partial charge on any atom is 0.353 e. The molecule has 5 nitrogen and oxygen atoms in total. The molecule has 1 atom stereocenters. The first-order valence-corrected chi connectivity index (χ1v) is 5.80. The Morgan fingerprint density at radius 2 is 2.41 bits per heavy atom. The number of rotatable bonds is 2. The molecule has 1 aromatic heterocycles. The Labute approximate surface area is 100 Å². The van der Waals surface area contributed by atoms with Crippen molar-refractivity contribution in [2.45, 2.75) is 5.37 Å². The van der Waals surface area contributed by atoms with E-state index in [-0.39, 0.29) is 17.0 Å². The molecule has 0 bridgehead atoms. The second-order valence-electron chi connectivity index (χ2n) is 3.59. The maximum absolute atomic E-state index is 11.8. The fourth-order valence-corrected chi connectivity index (χ4v) is 2.91. The highest BCUT2D eigenvalue weighted by Gasteiger charge is 2.49. The van der Waals surface area contributed by atoms with Crippen LogP contribution in [0.5, 0.6) is 0 Å². The normalized spacial score (nSPS) is 24.6. The second kappa shape index (κ2) is 3.53. The van der Waals surface area contributed by atoms with Crippen molar-refractivity contribution in [3.8, 4) is 0 Å². The lowest BCUT2D eigenvalue weighted by atomic mass is 10.0. The summed E-state index contributed by atoms with van der Waals surface area (Å²) >= 11 is 1.31. The van der Waals surface area contributed by atoms with Crippen LogP contribution >= 0.6 is 11.8 Å². The van der Waals surface area contributed by atoms with E-state index in [1.54, 1.807) is 18.2 Å². The first-order valence-electron chi connectivity index (χ1n) is 4.86. The monoisotopic (exact) mass is 249 g/mol. The zero-order chi connectivity index (χ0) is 12.0. The van der Waals surface area contributed by atoms with Crippen LogP contribution in [0.25, 0.3) is 6.08 Å². The molecule has 1 aromatic rings. The van der Waals surface area contributed by atoms with Crippen molar-refractivity contribution in [3.05, 3.63) is 40.8 Å². The van der Waals surface area contributed by atoms with Crippen molar-refractivity contribution in [3.63, 3.8) is 0 Å². The first-order chi connectivity index (χ1) is 8.18. The van der Waals surface area contributed by atoms with Gasteiger partial charge in [0.25, 0.3) is 5.91 Å². The van der Waals surface area contributed by atoms with Gasteiger partial charge in [-0.2, -0.15) is 0 Å². The Morgan fingerprint density at radius 3 is 3.06 bits per heavy atom. The number of fused-ring (bicyclic) bond motifs is 1. The van der Waals surface area contributed by atoms with Crippen LogP contribution < -0.4 is 0 Å². The van der Waals surface area contributed by atoms with E-state index in [9.17, 15) is 9.59 Å². The minimum absolute atomic E-state index is 0.0431. The lowest BCUT2D eigenvalue weighted by Gasteiger charge is -2.36. The molecule has 6 heteroatoms. The molecule has 0 radical (unpaired) electrons. The largest absolute Gasteiger partial charge is 0.477 e. The average Bonchev–Trinajstić information content (AvgIpc) is 2.93. The molecular formula is C11H7NO4S. The number of β-lactam (4-membered cyclic amide) rings is 1. The third-order valence-corrected chi connectivity index (χ3v) is 3.68. The van der Waals surface area contributed by atoms with E-state index in [1.165, 1.54) is 28.3 Å². The van der Waals surface area contributed by atoms with Crippen molar-refractivity contribution >= 4 is 29.7 Å². The number of nitrogens with zero attached hydrogens (tertiary/aromatic N) is 1. The van der Waals surface area contributed by atoms with E-state index in [2.05, 4.69) is 0 Å². The first kappa shape index (κ1) is 10.2. The van der Waals surface area contributed by atoms with Gasteiger partial charge in [-0.1, -0.05) is 0 Å². The number of aliphatic carboxylic acids is 1. The van der Waals surface area contributed by atoms with Gasteiger partial charge >= 0.3 is 5.97 Å². The summed E-state index contributed by atoms with van der Waals surface area (Å²) in [6, 6.07) is 3.48. The second-order valence-corrected chi connectivity index (χ2v) is 4.54. The van der Waals surface area contributed by atoms with Crippen LogP contribution in [0.3, 0.4) is 0 Å². The van der Waals surface area contributed by atoms with Gasteiger partial charge < -0.3 is 9.52 Å². The topological polar surface area (TPSA) is 70.7 Å². The van der Waals surface area contributed by atoms with Crippen LogP contribution in [0.1, 0.15) is 5.76 Å². The van der Waals surface area contributed by atoms with Gasteiger partial charge in [-0.25, -0.2) is 4.79 Å². The highest BCUT2D eigenvalue weighted by atomic mass is 32.2. The molecular weight excluding hydrogens is 242 g/mol. The summed E-state index contributed by atoms with van der Waals surface area (Å²) in [5.74, 6) is -0.757. The molecule has 3 rings (SSSR count). The molecule has 1 N–H and O–H groups in total. The minimum Gasteiger partial charge on any atom is -0.477 e. The molecule has 0 aromatic carbocycles. The number of carbonyl (C=O) groups excluding carboxylic acids is 1. The summed E-state index contributed by atoms with van der Waals surface area (Å²) in [6.45, 7) is 0. The molecule has 2 aliphatic heterocycles. The summed E-state index contributed by atoms with van der Waals surface area (Å²) < 4.78 is 5.12. The van der Waals surface area contributed by atoms with E-state index in [1.807, 2.05) is 0 Å². The van der Waals surface area contributed by atoms with Crippen LogP contribution in [0.2, 0.25) is 0 Å². The molecule has 0 saturated carbocycles. The van der Waals surface area contributed by atoms with Gasteiger partial charge in [0, 0.05) is 5.41 Å². The highest BCUT2D eigenvalue weighted by Crippen LogP contribution is 2.44. The minimum atomic E-state index is -1.08. The van der Waals surface area contributed by atoms with Gasteiger partial charge in [-0.3, -0.25) is 9.69 Å². The molecule has 1 saturated heterocycles. The average molecular weight is 249 g/mol. The summed E-state index contributed by atoms with van der Waals surface area (Å²) in [4.78, 5) is 23.9. The van der Waals surface area contributed by atoms with Gasteiger partial charge in [0.05, 0.1) is 11.8 Å². The van der Waals surface area contributed by atoms with Crippen molar-refractivity contribution in [2.24, 2.45) is 0 Å². The Kier molecular flexibility index (Phi) is 2.12. The maximum atomic E-state index is 11.8. The lowest BCUT2D eigenvalue weighted by Crippen LogP contribution is -2.51. The van der Waals surface area contributed by atoms with E-state index in [0.717, 1.165) is 0 Å². The van der Waals surface area contributed by atoms with Crippen molar-refractivity contribution < 1.29 is 19.1 Å². The SMILES string of the molecule is O=C(O)C1=CS[C@@H]2/C(=C\c3ccco3)C(=O)N12. The van der Waals surface area contributed by atoms with Gasteiger partial charge in [-0.15, -0.1) is 11.8 Å². The lowest BCUT2D eigenvalue weighted by molar-refractivity contribution is -0.141. The van der Waals surface area contributed by atoms with Gasteiger partial charge in [-0.05, 0) is 18.2 Å². The Morgan fingerprint density at radius 1 is 1.59 bits per heavy atom. The predicted molar refractivity (Wildman–Crippen MR) is 60.6 cm³/mol. The van der Waals surface area contributed by atoms with E-state index in [0.29, 0.717) is 11.3 Å². The fraction of sp³-hybridized carbons (Fsp3) is 0.0909. The summed E-state index contributed by atoms with van der Waals surface area (Å²) in [6.07, 6.45) is 3.17. The molecule has 3 heterocycles. The number of carboxylic acids is 1. The van der Waals surface area contributed by atoms with Crippen LogP contribution in [0.15, 0.2) is 39.5 Å². The van der Waals surface area contributed by atoms with Gasteiger partial charge in [0.15, 0.2) is 0 Å². The number of thioether (sulfide) groups is 1. The Balaban J connectivity index is 1.87. The summed E-state index contributed by atoms with van der Waals surface area (Å²) in [5.41, 5.74) is 0.610. The van der Waals surface area contributed by atoms with Crippen LogP contribution in [-0.4, -0.2) is 27.3 Å². The highest BCUT2D eigenvalue weighted by molar-refractivity contribution is 8.03. The number of carbonyl (C=O) groups is 2. The summed E-state index contributed by atoms with van der Waals surface area (Å²) in [7, 11) is 0. The standard InChI is InChI=1S/C11H7NO4S/c13-9-7(4-6-2-1-3-16-6)10-12(9)8(5-17-10)11(14)15/h1-5,10H,(H,14,15)/b7-4-/t10-/m1/s1. The van der Waals surface area contributed by atoms with Crippen molar-refractivity contribution in [1.29, 1.82) is 0 Å². The van der Waals surface area contributed by atoms with Crippen LogP contribution in [-0.2, 0) is 9.59 Å². The molecule has 1 fully saturated rings. The van der Waals surface area contributed by atoms with Gasteiger partial charge in [0.2, 0.25) is 0 Å². The summed E-state index contributed by atoms with van der Waals surface area (Å²) in [5, 5.41) is 10.2. The number of furan rings is 1. The molecule has 1 amide bonds. The molecule has 0 aliphatic carbocycles. The molecule has 86 valence electrons. The van der Waals surface area contributed by atoms with Gasteiger partial charge in [0.1, 0.15) is 16.8 Å². The van der Waals surface area contributed by atoms with Crippen LogP contribution in [0.4, 0.5) is 0 Å². The van der Waals surface area contributed by atoms with E-state index >= 15 is 0 Å². The van der Waals surface area contributed by atoms with Crippen LogP contribution in [0, 0.1) is 0 Å². The number of hydrogen-bond donors (Lipinski definition) is 1. The van der Waals surface area contributed by atoms with Crippen molar-refractivity contribution in [1.82, 2.24) is 4.90 Å². The predicted octanol–water partition coefficient (Wildman–Crippen LogP) is 1.50. The zero-order valence-electron chi connectivity index (χ0n) is 8.49. The number of amides is 1. The quantitative estimate of drug-likeness (QED) is 0.635. The zero-order valence-corrected chi connectivity index (χ0v) is 9.31.